The summed E-state index contributed by atoms with van der Waals surface area (Å²) in [6, 6.07) is 0. The molecule has 0 amide bonds. The lowest BCUT2D eigenvalue weighted by molar-refractivity contribution is -0.889. The first-order chi connectivity index (χ1) is 9.77. The van der Waals surface area contributed by atoms with Crippen LogP contribution in [0, 0.1) is 0 Å². The molecule has 0 aliphatic rings. The first-order valence-electron chi connectivity index (χ1n) is 6.41. The van der Waals surface area contributed by atoms with Gasteiger partial charge in [-0.15, -0.1) is 0 Å². The van der Waals surface area contributed by atoms with E-state index >= 15 is 0 Å². The van der Waals surface area contributed by atoms with Crippen molar-refractivity contribution in [2.24, 2.45) is 0 Å². The van der Waals surface area contributed by atoms with Gasteiger partial charge in [0, 0.05) is 6.42 Å². The SMILES string of the molecule is C[N+](C)(CCOC(=O)CCC(F)(F)C(F)(F)F)CCC(=O)O. The zero-order chi connectivity index (χ0) is 17.6. The standard InChI is InChI=1S/C12H18F5NO4/c1-18(2,6-4-9(19)20)7-8-22-10(21)3-5-11(13,14)12(15,16)17/h3-8H2,1-2H3/p+1. The number of aliphatic carboxylic acids is 1. The fourth-order valence-electron chi connectivity index (χ4n) is 1.39. The van der Waals surface area contributed by atoms with Crippen molar-refractivity contribution in [3.63, 3.8) is 0 Å². The highest BCUT2D eigenvalue weighted by atomic mass is 19.4. The van der Waals surface area contributed by atoms with Gasteiger partial charge in [0.15, 0.2) is 0 Å². The number of carboxylic acid groups (broad SMARTS) is 1. The molecule has 130 valence electrons. The third-order valence-electron chi connectivity index (χ3n) is 2.95. The molecule has 0 radical (unpaired) electrons. The van der Waals surface area contributed by atoms with E-state index in [0.717, 1.165) is 0 Å². The maximum atomic E-state index is 12.6. The highest BCUT2D eigenvalue weighted by molar-refractivity contribution is 5.69. The van der Waals surface area contributed by atoms with Gasteiger partial charge in [-0.25, -0.2) is 0 Å². The van der Waals surface area contributed by atoms with Crippen molar-refractivity contribution in [3.05, 3.63) is 0 Å². The van der Waals surface area contributed by atoms with Crippen LogP contribution in [0.1, 0.15) is 19.3 Å². The lowest BCUT2D eigenvalue weighted by Crippen LogP contribution is -2.44. The largest absolute Gasteiger partial charge is 0.481 e. The first-order valence-corrected chi connectivity index (χ1v) is 6.41. The number of carboxylic acids is 1. The van der Waals surface area contributed by atoms with E-state index in [4.69, 9.17) is 5.11 Å². The lowest BCUT2D eigenvalue weighted by atomic mass is 10.2. The van der Waals surface area contributed by atoms with Crippen LogP contribution in [0.4, 0.5) is 22.0 Å². The van der Waals surface area contributed by atoms with Gasteiger partial charge in [-0.05, 0) is 0 Å². The molecule has 10 heteroatoms. The molecule has 0 spiro atoms. The average molecular weight is 336 g/mol. The molecule has 5 nitrogen and oxygen atoms in total. The van der Waals surface area contributed by atoms with Crippen LogP contribution in [-0.4, -0.2) is 67.4 Å². The topological polar surface area (TPSA) is 63.6 Å². The molecule has 0 saturated carbocycles. The van der Waals surface area contributed by atoms with Gasteiger partial charge in [0.05, 0.1) is 33.5 Å². The molecule has 0 bridgehead atoms. The summed E-state index contributed by atoms with van der Waals surface area (Å²) in [4.78, 5) is 21.6. The molecule has 0 aliphatic carbocycles. The maximum absolute atomic E-state index is 12.6. The number of halogens is 5. The summed E-state index contributed by atoms with van der Waals surface area (Å²) < 4.78 is 65.6. The van der Waals surface area contributed by atoms with E-state index in [2.05, 4.69) is 4.74 Å². The molecule has 0 saturated heterocycles. The number of likely N-dealkylation sites (N-methyl/N-ethyl adjacent to an activating group) is 1. The molecule has 0 heterocycles. The normalized spacial score (nSPS) is 13.0. The van der Waals surface area contributed by atoms with Crippen molar-refractivity contribution < 1.29 is 45.9 Å². The molecule has 22 heavy (non-hydrogen) atoms. The highest BCUT2D eigenvalue weighted by Gasteiger charge is 2.56. The minimum Gasteiger partial charge on any atom is -0.481 e. The second-order valence-electron chi connectivity index (χ2n) is 5.45. The monoisotopic (exact) mass is 336 g/mol. The van der Waals surface area contributed by atoms with Gasteiger partial charge in [0.1, 0.15) is 13.2 Å². The van der Waals surface area contributed by atoms with E-state index in [1.54, 1.807) is 14.1 Å². The molecular weight excluding hydrogens is 317 g/mol. The number of ether oxygens (including phenoxy) is 1. The summed E-state index contributed by atoms with van der Waals surface area (Å²) in [7, 11) is 3.35. The smallest absolute Gasteiger partial charge is 0.453 e. The quantitative estimate of drug-likeness (QED) is 0.398. The lowest BCUT2D eigenvalue weighted by Gasteiger charge is -2.28. The van der Waals surface area contributed by atoms with Crippen molar-refractivity contribution >= 4 is 11.9 Å². The number of alkyl halides is 5. The second-order valence-corrected chi connectivity index (χ2v) is 5.45. The third kappa shape index (κ3) is 8.11. The molecule has 1 N–H and O–H groups in total. The number of rotatable bonds is 9. The van der Waals surface area contributed by atoms with Crippen molar-refractivity contribution in [1.29, 1.82) is 0 Å². The molecule has 0 aromatic heterocycles. The highest BCUT2D eigenvalue weighted by Crippen LogP contribution is 2.38. The number of hydrogen-bond donors (Lipinski definition) is 1. The number of quaternary nitrogens is 1. The van der Waals surface area contributed by atoms with Crippen molar-refractivity contribution in [2.75, 3.05) is 33.8 Å². The van der Waals surface area contributed by atoms with Gasteiger partial charge in [0.2, 0.25) is 0 Å². The number of esters is 1. The molecule has 0 atom stereocenters. The van der Waals surface area contributed by atoms with Crippen molar-refractivity contribution in [2.45, 2.75) is 31.4 Å². The fraction of sp³-hybridized carbons (Fsp3) is 0.833. The van der Waals surface area contributed by atoms with E-state index in [-0.39, 0.29) is 30.6 Å². The molecular formula is C12H19F5NO4+. The number of carbonyl (C=O) groups is 2. The number of carbonyl (C=O) groups excluding carboxylic acids is 1. The zero-order valence-electron chi connectivity index (χ0n) is 12.3. The molecule has 0 aromatic rings. The van der Waals surface area contributed by atoms with Crippen molar-refractivity contribution in [3.8, 4) is 0 Å². The van der Waals surface area contributed by atoms with Gasteiger partial charge < -0.3 is 14.3 Å². The first kappa shape index (κ1) is 20.6. The molecule has 0 aliphatic heterocycles. The predicted molar refractivity (Wildman–Crippen MR) is 65.3 cm³/mol. The minimum absolute atomic E-state index is 0.0985. The molecule has 0 unspecified atom stereocenters. The van der Waals surface area contributed by atoms with E-state index in [9.17, 15) is 31.5 Å². The van der Waals surface area contributed by atoms with Gasteiger partial charge in [-0.1, -0.05) is 0 Å². The third-order valence-corrected chi connectivity index (χ3v) is 2.95. The van der Waals surface area contributed by atoms with Crippen LogP contribution in [0.2, 0.25) is 0 Å². The Hall–Kier alpha value is -1.45. The Labute approximate surface area is 124 Å². The van der Waals surface area contributed by atoms with Gasteiger partial charge in [-0.2, -0.15) is 22.0 Å². The minimum atomic E-state index is -5.69. The van der Waals surface area contributed by atoms with Gasteiger partial charge in [-0.3, -0.25) is 9.59 Å². The summed E-state index contributed by atoms with van der Waals surface area (Å²) in [6.07, 6.45) is -8.50. The van der Waals surface area contributed by atoms with Crippen LogP contribution in [0.5, 0.6) is 0 Å². The molecule has 0 aromatic carbocycles. The summed E-state index contributed by atoms with van der Waals surface area (Å²) in [6.45, 7) is 0.288. The Morgan fingerprint density at radius 2 is 1.59 bits per heavy atom. The van der Waals surface area contributed by atoms with E-state index in [0.29, 0.717) is 0 Å². The second kappa shape index (κ2) is 7.70. The van der Waals surface area contributed by atoms with E-state index < -0.39 is 36.9 Å². The Morgan fingerprint density at radius 3 is 2.05 bits per heavy atom. The Balaban J connectivity index is 4.08. The van der Waals surface area contributed by atoms with Crippen LogP contribution in [0.25, 0.3) is 0 Å². The summed E-state index contributed by atoms with van der Waals surface area (Å²) in [5.41, 5.74) is 0. The Bertz CT molecular complexity index is 395. The van der Waals surface area contributed by atoms with E-state index in [1.165, 1.54) is 0 Å². The fourth-order valence-corrected chi connectivity index (χ4v) is 1.39. The number of nitrogens with zero attached hydrogens (tertiary/aromatic N) is 1. The van der Waals surface area contributed by atoms with Crippen LogP contribution >= 0.6 is 0 Å². The summed E-state index contributed by atoms with van der Waals surface area (Å²) >= 11 is 0. The Kier molecular flexibility index (Phi) is 7.20. The van der Waals surface area contributed by atoms with Crippen LogP contribution in [-0.2, 0) is 14.3 Å². The summed E-state index contributed by atoms with van der Waals surface area (Å²) in [5.74, 6) is -7.07. The van der Waals surface area contributed by atoms with E-state index in [1.807, 2.05) is 0 Å². The van der Waals surface area contributed by atoms with Crippen LogP contribution in [0.15, 0.2) is 0 Å². The predicted octanol–water partition coefficient (Wildman–Crippen LogP) is 2.06. The zero-order valence-corrected chi connectivity index (χ0v) is 12.3. The van der Waals surface area contributed by atoms with Gasteiger partial charge in [0.25, 0.3) is 0 Å². The molecule has 0 rings (SSSR count). The maximum Gasteiger partial charge on any atom is 0.453 e. The van der Waals surface area contributed by atoms with Crippen LogP contribution in [0.3, 0.4) is 0 Å². The van der Waals surface area contributed by atoms with Gasteiger partial charge >= 0.3 is 24.0 Å². The number of hydrogen-bond acceptors (Lipinski definition) is 3. The summed E-state index contributed by atoms with van der Waals surface area (Å²) in [5, 5.41) is 8.54. The van der Waals surface area contributed by atoms with Crippen LogP contribution < -0.4 is 0 Å². The van der Waals surface area contributed by atoms with Crippen molar-refractivity contribution in [1.82, 2.24) is 0 Å². The Morgan fingerprint density at radius 1 is 1.05 bits per heavy atom. The average Bonchev–Trinajstić information content (AvgIpc) is 2.32. The molecule has 0 fully saturated rings.